The van der Waals surface area contributed by atoms with Crippen molar-refractivity contribution in [3.8, 4) is 11.4 Å². The Kier molecular flexibility index (Phi) is 2.10. The first-order chi connectivity index (χ1) is 6.79. The third-order valence-electron chi connectivity index (χ3n) is 1.79. The van der Waals surface area contributed by atoms with Gasteiger partial charge in [-0.1, -0.05) is 29.4 Å². The van der Waals surface area contributed by atoms with Gasteiger partial charge >= 0.3 is 0 Å². The predicted molar refractivity (Wildman–Crippen MR) is 49.3 cm³/mol. The van der Waals surface area contributed by atoms with Gasteiger partial charge in [0.05, 0.1) is 0 Å². The monoisotopic (exact) mass is 187 g/mol. The minimum Gasteiger partial charge on any atom is -0.339 e. The first kappa shape index (κ1) is 8.62. The number of hydrogen-bond donors (Lipinski definition) is 0. The highest BCUT2D eigenvalue weighted by Crippen LogP contribution is 2.15. The van der Waals surface area contributed by atoms with Crippen LogP contribution in [0.1, 0.15) is 11.5 Å². The average molecular weight is 187 g/mol. The first-order valence-electron chi connectivity index (χ1n) is 4.08. The summed E-state index contributed by atoms with van der Waals surface area (Å²) >= 11 is 0. The second kappa shape index (κ2) is 3.41. The van der Waals surface area contributed by atoms with Gasteiger partial charge in [-0.15, -0.1) is 0 Å². The van der Waals surface area contributed by atoms with Crippen molar-refractivity contribution >= 4 is 6.29 Å². The Morgan fingerprint density at radius 3 is 2.50 bits per heavy atom. The molecule has 0 aliphatic rings. The highest BCUT2D eigenvalue weighted by molar-refractivity contribution is 5.76. The van der Waals surface area contributed by atoms with Gasteiger partial charge in [0.15, 0.2) is 0 Å². The lowest BCUT2D eigenvalue weighted by Crippen LogP contribution is -1.83. The standard InChI is InChI=1S/C10H7N2O2/c1-7-11-10(12-14-7)9-4-2-8(6-13)3-5-9/h2-5H,1H3. The van der Waals surface area contributed by atoms with E-state index in [0.29, 0.717) is 17.3 Å². The van der Waals surface area contributed by atoms with Crippen LogP contribution in [0.15, 0.2) is 28.8 Å². The molecule has 4 nitrogen and oxygen atoms in total. The minimum absolute atomic E-state index is 0.508. The van der Waals surface area contributed by atoms with Crippen molar-refractivity contribution in [3.63, 3.8) is 0 Å². The molecule has 0 unspecified atom stereocenters. The van der Waals surface area contributed by atoms with Crippen LogP contribution in [0, 0.1) is 6.92 Å². The Bertz CT molecular complexity index is 445. The predicted octanol–water partition coefficient (Wildman–Crippen LogP) is 1.50. The van der Waals surface area contributed by atoms with Crippen molar-refractivity contribution in [1.82, 2.24) is 10.1 Å². The molecule has 0 fully saturated rings. The molecule has 0 saturated carbocycles. The smallest absolute Gasteiger partial charge is 0.233 e. The van der Waals surface area contributed by atoms with Crippen molar-refractivity contribution in [1.29, 1.82) is 0 Å². The topological polar surface area (TPSA) is 56.0 Å². The maximum Gasteiger partial charge on any atom is 0.233 e. The number of aromatic nitrogens is 2. The molecule has 14 heavy (non-hydrogen) atoms. The van der Waals surface area contributed by atoms with E-state index in [1.54, 1.807) is 37.5 Å². The number of carbonyl (C=O) groups excluding carboxylic acids is 1. The van der Waals surface area contributed by atoms with Crippen LogP contribution in [-0.4, -0.2) is 16.4 Å². The van der Waals surface area contributed by atoms with E-state index in [0.717, 1.165) is 5.56 Å². The lowest BCUT2D eigenvalue weighted by Gasteiger charge is -1.92. The number of benzene rings is 1. The van der Waals surface area contributed by atoms with Crippen LogP contribution in [0.5, 0.6) is 0 Å². The molecule has 0 amide bonds. The molecule has 0 saturated heterocycles. The third kappa shape index (κ3) is 1.54. The Morgan fingerprint density at radius 1 is 1.29 bits per heavy atom. The van der Waals surface area contributed by atoms with Crippen LogP contribution >= 0.6 is 0 Å². The number of nitrogens with zero attached hydrogens (tertiary/aromatic N) is 2. The molecule has 4 heteroatoms. The molecule has 0 aliphatic heterocycles. The van der Waals surface area contributed by atoms with Crippen molar-refractivity contribution < 1.29 is 9.32 Å². The molecule has 1 heterocycles. The van der Waals surface area contributed by atoms with Gasteiger partial charge < -0.3 is 4.52 Å². The zero-order chi connectivity index (χ0) is 9.97. The molecular formula is C10H7N2O2. The summed E-state index contributed by atoms with van der Waals surface area (Å²) in [5.41, 5.74) is 1.33. The molecule has 1 radical (unpaired) electrons. The third-order valence-corrected chi connectivity index (χ3v) is 1.79. The Balaban J connectivity index is 2.38. The molecule has 0 N–H and O–H groups in total. The van der Waals surface area contributed by atoms with Gasteiger partial charge in [-0.2, -0.15) is 4.98 Å². The van der Waals surface area contributed by atoms with E-state index in [1.165, 1.54) is 0 Å². The van der Waals surface area contributed by atoms with Crippen molar-refractivity contribution in [2.75, 3.05) is 0 Å². The lowest BCUT2D eigenvalue weighted by atomic mass is 10.1. The molecule has 0 spiro atoms. The van der Waals surface area contributed by atoms with Gasteiger partial charge in [0.2, 0.25) is 18.0 Å². The van der Waals surface area contributed by atoms with Crippen LogP contribution in [0.4, 0.5) is 0 Å². The van der Waals surface area contributed by atoms with Crippen LogP contribution in [0.25, 0.3) is 11.4 Å². The van der Waals surface area contributed by atoms with Crippen LogP contribution in [0.2, 0.25) is 0 Å². The SMILES string of the molecule is Cc1nc(-c2ccc([C]=O)cc2)no1. The average Bonchev–Trinajstić information content (AvgIpc) is 2.65. The van der Waals surface area contributed by atoms with Crippen LogP contribution < -0.4 is 0 Å². The molecule has 2 rings (SSSR count). The van der Waals surface area contributed by atoms with Crippen molar-refractivity contribution in [3.05, 3.63) is 35.7 Å². The molecule has 0 atom stereocenters. The fourth-order valence-electron chi connectivity index (χ4n) is 1.10. The summed E-state index contributed by atoms with van der Waals surface area (Å²) in [6, 6.07) is 6.83. The first-order valence-corrected chi connectivity index (χ1v) is 4.08. The van der Waals surface area contributed by atoms with E-state index in [1.807, 2.05) is 0 Å². The zero-order valence-corrected chi connectivity index (χ0v) is 7.52. The van der Waals surface area contributed by atoms with Gasteiger partial charge in [-0.05, 0) is 0 Å². The summed E-state index contributed by atoms with van der Waals surface area (Å²) in [7, 11) is 0. The van der Waals surface area contributed by atoms with Crippen LogP contribution in [0.3, 0.4) is 0 Å². The number of hydrogen-bond acceptors (Lipinski definition) is 4. The normalized spacial score (nSPS) is 10.1. The van der Waals surface area contributed by atoms with Gasteiger partial charge in [-0.25, -0.2) is 0 Å². The van der Waals surface area contributed by atoms with E-state index >= 15 is 0 Å². The summed E-state index contributed by atoms with van der Waals surface area (Å²) in [6.07, 6.45) is 1.80. The van der Waals surface area contributed by atoms with Crippen molar-refractivity contribution in [2.45, 2.75) is 6.92 Å². The molecule has 0 bridgehead atoms. The number of aryl methyl sites for hydroxylation is 1. The molecule has 2 aromatic rings. The largest absolute Gasteiger partial charge is 0.339 e. The van der Waals surface area contributed by atoms with Gasteiger partial charge in [0.25, 0.3) is 0 Å². The minimum atomic E-state index is 0.508. The summed E-state index contributed by atoms with van der Waals surface area (Å²) in [5.74, 6) is 1.05. The summed E-state index contributed by atoms with van der Waals surface area (Å²) in [6.45, 7) is 1.73. The van der Waals surface area contributed by atoms with E-state index in [9.17, 15) is 4.79 Å². The van der Waals surface area contributed by atoms with E-state index in [2.05, 4.69) is 10.1 Å². The quantitative estimate of drug-likeness (QED) is 0.714. The van der Waals surface area contributed by atoms with Gasteiger partial charge in [0.1, 0.15) is 0 Å². The summed E-state index contributed by atoms with van der Waals surface area (Å²) < 4.78 is 4.84. The van der Waals surface area contributed by atoms with Gasteiger partial charge in [0, 0.05) is 18.1 Å². The molecule has 0 aliphatic carbocycles. The Labute approximate surface area is 80.6 Å². The fourth-order valence-corrected chi connectivity index (χ4v) is 1.10. The van der Waals surface area contributed by atoms with Crippen LogP contribution in [-0.2, 0) is 4.79 Å². The van der Waals surface area contributed by atoms with Crippen molar-refractivity contribution in [2.24, 2.45) is 0 Å². The van der Waals surface area contributed by atoms with E-state index in [4.69, 9.17) is 4.52 Å². The second-order valence-corrected chi connectivity index (χ2v) is 2.82. The number of rotatable bonds is 2. The molecule has 69 valence electrons. The molecular weight excluding hydrogens is 180 g/mol. The van der Waals surface area contributed by atoms with Gasteiger partial charge in [-0.3, -0.25) is 4.79 Å². The summed E-state index contributed by atoms with van der Waals surface area (Å²) in [4.78, 5) is 14.3. The zero-order valence-electron chi connectivity index (χ0n) is 7.52. The Hall–Kier alpha value is -1.97. The highest BCUT2D eigenvalue weighted by Gasteiger charge is 2.04. The Morgan fingerprint density at radius 2 is 2.00 bits per heavy atom. The highest BCUT2D eigenvalue weighted by atomic mass is 16.5. The maximum atomic E-state index is 10.3. The van der Waals surface area contributed by atoms with E-state index < -0.39 is 0 Å². The molecule has 1 aromatic carbocycles. The maximum absolute atomic E-state index is 10.3. The van der Waals surface area contributed by atoms with E-state index in [-0.39, 0.29) is 0 Å². The summed E-state index contributed by atoms with van der Waals surface area (Å²) in [5, 5.41) is 3.76. The fraction of sp³-hybridized carbons (Fsp3) is 0.100. The lowest BCUT2D eigenvalue weighted by molar-refractivity contribution is 0.394. The second-order valence-electron chi connectivity index (χ2n) is 2.82. The molecule has 1 aromatic heterocycles.